The lowest BCUT2D eigenvalue weighted by molar-refractivity contribution is 0.217. The minimum Gasteiger partial charge on any atom is -0.336 e. The van der Waals surface area contributed by atoms with Crippen LogP contribution in [0.5, 0.6) is 0 Å². The van der Waals surface area contributed by atoms with Gasteiger partial charge in [0.1, 0.15) is 5.25 Å². The van der Waals surface area contributed by atoms with Crippen LogP contribution in [0, 0.1) is 0 Å². The average molecular weight is 338 g/mol. The summed E-state index contributed by atoms with van der Waals surface area (Å²) in [7, 11) is -0.344. The molecule has 1 aromatic heterocycles. The first kappa shape index (κ1) is 16.5. The van der Waals surface area contributed by atoms with Crippen molar-refractivity contribution < 1.29 is 13.2 Å². The van der Waals surface area contributed by atoms with Gasteiger partial charge >= 0.3 is 6.03 Å². The van der Waals surface area contributed by atoms with Crippen LogP contribution in [-0.4, -0.2) is 40.0 Å². The molecule has 1 heterocycles. The molecule has 0 saturated heterocycles. The minimum atomic E-state index is -3.57. The fourth-order valence-electron chi connectivity index (χ4n) is 1.95. The van der Waals surface area contributed by atoms with E-state index in [9.17, 15) is 13.2 Å². The maximum absolute atomic E-state index is 12.9. The number of rotatable bonds is 5. The smallest absolute Gasteiger partial charge is 0.316 e. The van der Waals surface area contributed by atoms with Crippen molar-refractivity contribution in [2.75, 3.05) is 20.6 Å². The van der Waals surface area contributed by atoms with Crippen LogP contribution in [-0.2, 0) is 9.84 Å². The van der Waals surface area contributed by atoms with E-state index in [-0.39, 0.29) is 17.5 Å². The highest BCUT2D eigenvalue weighted by Gasteiger charge is 2.30. The monoisotopic (exact) mass is 338 g/mol. The van der Waals surface area contributed by atoms with E-state index in [4.69, 9.17) is 0 Å². The SMILES string of the molecule is CN(C)C(=O)NCC(c1cccs1)S(=O)(=O)c1ccccc1. The molecule has 0 spiro atoms. The summed E-state index contributed by atoms with van der Waals surface area (Å²) in [6.45, 7) is 0.0365. The van der Waals surface area contributed by atoms with Crippen LogP contribution in [0.4, 0.5) is 4.79 Å². The Balaban J connectivity index is 2.31. The van der Waals surface area contributed by atoms with Gasteiger partial charge in [-0.1, -0.05) is 24.3 Å². The second-order valence-corrected chi connectivity index (χ2v) is 8.05. The zero-order valence-electron chi connectivity index (χ0n) is 12.4. The van der Waals surface area contributed by atoms with Gasteiger partial charge in [0.15, 0.2) is 9.84 Å². The number of amides is 2. The zero-order chi connectivity index (χ0) is 16.2. The molecule has 0 saturated carbocycles. The van der Waals surface area contributed by atoms with Gasteiger partial charge in [-0.05, 0) is 23.6 Å². The second-order valence-electron chi connectivity index (χ2n) is 4.94. The van der Waals surface area contributed by atoms with Gasteiger partial charge in [0.05, 0.1) is 4.90 Å². The van der Waals surface area contributed by atoms with Crippen molar-refractivity contribution >= 4 is 27.2 Å². The zero-order valence-corrected chi connectivity index (χ0v) is 14.0. The second kappa shape index (κ2) is 6.93. The Morgan fingerprint density at radius 3 is 2.41 bits per heavy atom. The Hall–Kier alpha value is -1.86. The van der Waals surface area contributed by atoms with Crippen molar-refractivity contribution in [1.29, 1.82) is 0 Å². The van der Waals surface area contributed by atoms with Crippen LogP contribution in [0.2, 0.25) is 0 Å². The lowest BCUT2D eigenvalue weighted by atomic mass is 10.3. The molecule has 0 radical (unpaired) electrons. The molecule has 0 fully saturated rings. The summed E-state index contributed by atoms with van der Waals surface area (Å²) >= 11 is 1.37. The fourth-order valence-corrected chi connectivity index (χ4v) is 4.76. The fraction of sp³-hybridized carbons (Fsp3) is 0.267. The van der Waals surface area contributed by atoms with E-state index in [1.165, 1.54) is 16.2 Å². The molecule has 0 aliphatic heterocycles. The van der Waals surface area contributed by atoms with Crippen LogP contribution < -0.4 is 5.32 Å². The first-order chi connectivity index (χ1) is 10.4. The first-order valence-corrected chi connectivity index (χ1v) is 9.13. The van der Waals surface area contributed by atoms with Gasteiger partial charge in [-0.25, -0.2) is 13.2 Å². The van der Waals surface area contributed by atoms with Crippen LogP contribution in [0.1, 0.15) is 10.1 Å². The predicted octanol–water partition coefficient (Wildman–Crippen LogP) is 2.53. The van der Waals surface area contributed by atoms with Gasteiger partial charge in [-0.3, -0.25) is 0 Å². The average Bonchev–Trinajstić information content (AvgIpc) is 3.01. The van der Waals surface area contributed by atoms with Gasteiger partial charge in [-0.2, -0.15) is 0 Å². The van der Waals surface area contributed by atoms with Crippen LogP contribution >= 0.6 is 11.3 Å². The summed E-state index contributed by atoms with van der Waals surface area (Å²) in [5.74, 6) is 0. The molecular formula is C15H18N2O3S2. The van der Waals surface area contributed by atoms with E-state index in [0.29, 0.717) is 4.88 Å². The predicted molar refractivity (Wildman–Crippen MR) is 87.8 cm³/mol. The van der Waals surface area contributed by atoms with Crippen molar-refractivity contribution in [2.45, 2.75) is 10.1 Å². The number of nitrogens with one attached hydrogen (secondary N) is 1. The lowest BCUT2D eigenvalue weighted by Gasteiger charge is -2.19. The molecule has 0 aliphatic rings. The van der Waals surface area contributed by atoms with Crippen LogP contribution in [0.25, 0.3) is 0 Å². The van der Waals surface area contributed by atoms with Crippen molar-refractivity contribution in [1.82, 2.24) is 10.2 Å². The minimum absolute atomic E-state index is 0.0365. The molecule has 0 bridgehead atoms. The number of nitrogens with zero attached hydrogens (tertiary/aromatic N) is 1. The summed E-state index contributed by atoms with van der Waals surface area (Å²) in [4.78, 5) is 14.0. The lowest BCUT2D eigenvalue weighted by Crippen LogP contribution is -2.38. The molecule has 1 N–H and O–H groups in total. The third kappa shape index (κ3) is 3.66. The molecule has 1 aromatic carbocycles. The molecule has 1 unspecified atom stereocenters. The molecule has 2 amide bonds. The summed E-state index contributed by atoms with van der Waals surface area (Å²) in [6, 6.07) is 11.6. The van der Waals surface area contributed by atoms with Gasteiger partial charge in [-0.15, -0.1) is 11.3 Å². The molecule has 2 aromatic rings. The number of sulfone groups is 1. The van der Waals surface area contributed by atoms with E-state index in [1.807, 2.05) is 5.38 Å². The van der Waals surface area contributed by atoms with Gasteiger partial charge in [0, 0.05) is 25.5 Å². The van der Waals surface area contributed by atoms with Gasteiger partial charge < -0.3 is 10.2 Å². The van der Waals surface area contributed by atoms with Crippen molar-refractivity contribution in [2.24, 2.45) is 0 Å². The highest BCUT2D eigenvalue weighted by atomic mass is 32.2. The summed E-state index contributed by atoms with van der Waals surface area (Å²) < 4.78 is 25.7. The van der Waals surface area contributed by atoms with E-state index >= 15 is 0 Å². The highest BCUT2D eigenvalue weighted by molar-refractivity contribution is 7.91. The Morgan fingerprint density at radius 2 is 1.86 bits per heavy atom. The van der Waals surface area contributed by atoms with E-state index in [0.717, 1.165) is 0 Å². The molecule has 2 rings (SSSR count). The topological polar surface area (TPSA) is 66.5 Å². The normalized spacial score (nSPS) is 12.6. The Labute approximate surface area is 134 Å². The Kier molecular flexibility index (Phi) is 5.20. The first-order valence-electron chi connectivity index (χ1n) is 6.70. The Morgan fingerprint density at radius 1 is 1.18 bits per heavy atom. The van der Waals surface area contributed by atoms with Crippen molar-refractivity contribution in [3.8, 4) is 0 Å². The van der Waals surface area contributed by atoms with Crippen molar-refractivity contribution in [3.63, 3.8) is 0 Å². The third-order valence-corrected chi connectivity index (χ3v) is 6.39. The summed E-state index contributed by atoms with van der Waals surface area (Å²) in [6.07, 6.45) is 0. The van der Waals surface area contributed by atoms with E-state index < -0.39 is 15.1 Å². The highest BCUT2D eigenvalue weighted by Crippen LogP contribution is 2.31. The molecule has 5 nitrogen and oxygen atoms in total. The number of urea groups is 1. The Bertz CT molecular complexity index is 711. The summed E-state index contributed by atoms with van der Waals surface area (Å²) in [5.41, 5.74) is 0. The summed E-state index contributed by atoms with van der Waals surface area (Å²) in [5, 5.41) is 3.70. The molecule has 7 heteroatoms. The number of thiophene rings is 1. The number of hydrogen-bond donors (Lipinski definition) is 1. The maximum Gasteiger partial charge on any atom is 0.316 e. The molecule has 1 atom stereocenters. The number of benzene rings is 1. The van der Waals surface area contributed by atoms with Crippen molar-refractivity contribution in [3.05, 3.63) is 52.7 Å². The molecule has 22 heavy (non-hydrogen) atoms. The van der Waals surface area contributed by atoms with E-state index in [1.54, 1.807) is 56.6 Å². The standard InChI is InChI=1S/C15H18N2O3S2/c1-17(2)15(18)16-11-14(13-9-6-10-21-13)22(19,20)12-7-4-3-5-8-12/h3-10,14H,11H2,1-2H3,(H,16,18). The largest absolute Gasteiger partial charge is 0.336 e. The van der Waals surface area contributed by atoms with Crippen LogP contribution in [0.3, 0.4) is 0 Å². The van der Waals surface area contributed by atoms with Crippen LogP contribution in [0.15, 0.2) is 52.7 Å². The molecule has 0 aliphatic carbocycles. The number of hydrogen-bond acceptors (Lipinski definition) is 4. The quantitative estimate of drug-likeness (QED) is 0.911. The number of carbonyl (C=O) groups is 1. The maximum atomic E-state index is 12.9. The van der Waals surface area contributed by atoms with E-state index in [2.05, 4.69) is 5.32 Å². The molecule has 118 valence electrons. The van der Waals surface area contributed by atoms with Gasteiger partial charge in [0.25, 0.3) is 0 Å². The van der Waals surface area contributed by atoms with Gasteiger partial charge in [0.2, 0.25) is 0 Å². The molecular weight excluding hydrogens is 320 g/mol. The number of carbonyl (C=O) groups excluding carboxylic acids is 1. The third-order valence-electron chi connectivity index (χ3n) is 3.15.